The number of rotatable bonds is 7. The van der Waals surface area contributed by atoms with E-state index < -0.39 is 0 Å². The van der Waals surface area contributed by atoms with Crippen LogP contribution in [0.3, 0.4) is 0 Å². The Kier molecular flexibility index (Phi) is 5.68. The average molecular weight is 423 g/mol. The molecule has 0 saturated carbocycles. The minimum Gasteiger partial charge on any atom is -0.368 e. The Hall–Kier alpha value is -3.04. The van der Waals surface area contributed by atoms with Crippen LogP contribution in [0.2, 0.25) is 0 Å². The number of carbonyl (C=O) groups is 1. The summed E-state index contributed by atoms with van der Waals surface area (Å²) in [6.07, 6.45) is 0.0905. The van der Waals surface area contributed by atoms with Gasteiger partial charge in [-0.3, -0.25) is 4.79 Å². The maximum atomic E-state index is 12.4. The van der Waals surface area contributed by atoms with Crippen LogP contribution < -0.4 is 11.1 Å². The van der Waals surface area contributed by atoms with Crippen molar-refractivity contribution in [2.24, 2.45) is 0 Å². The first kappa shape index (κ1) is 19.3. The number of ketones is 1. The minimum absolute atomic E-state index is 0.00106. The molecule has 2 aromatic carbocycles. The molecule has 7 nitrogen and oxygen atoms in total. The normalized spacial score (nSPS) is 10.9. The highest BCUT2D eigenvalue weighted by Crippen LogP contribution is 2.29. The average Bonchev–Trinajstić information content (AvgIpc) is 3.11. The van der Waals surface area contributed by atoms with Crippen LogP contribution in [-0.2, 0) is 11.2 Å². The van der Waals surface area contributed by atoms with E-state index in [1.165, 1.54) is 11.8 Å². The third-order valence-electron chi connectivity index (χ3n) is 3.99. The molecule has 0 aliphatic carbocycles. The number of thiazole rings is 1. The Morgan fingerprint density at radius 3 is 2.66 bits per heavy atom. The number of hydrogen-bond donors (Lipinski definition) is 2. The number of para-hydroxylation sites is 1. The summed E-state index contributed by atoms with van der Waals surface area (Å²) in [6, 6.07) is 15.7. The summed E-state index contributed by atoms with van der Waals surface area (Å²) >= 11 is 3.01. The Morgan fingerprint density at radius 1 is 1.07 bits per heavy atom. The zero-order chi connectivity index (χ0) is 20.2. The summed E-state index contributed by atoms with van der Waals surface area (Å²) < 4.78 is 1.98. The van der Waals surface area contributed by atoms with Gasteiger partial charge in [0.05, 0.1) is 22.4 Å². The van der Waals surface area contributed by atoms with E-state index in [4.69, 9.17) is 5.73 Å². The van der Waals surface area contributed by atoms with E-state index in [1.54, 1.807) is 11.3 Å². The molecule has 2 aromatic heterocycles. The number of nitrogen functional groups attached to an aromatic ring is 1. The van der Waals surface area contributed by atoms with Gasteiger partial charge >= 0.3 is 0 Å². The zero-order valence-electron chi connectivity index (χ0n) is 15.6. The highest BCUT2D eigenvalue weighted by molar-refractivity contribution is 8.01. The summed E-state index contributed by atoms with van der Waals surface area (Å²) in [7, 11) is 0. The Balaban J connectivity index is 1.39. The van der Waals surface area contributed by atoms with Gasteiger partial charge < -0.3 is 11.1 Å². The molecule has 0 unspecified atom stereocenters. The van der Waals surface area contributed by atoms with Crippen molar-refractivity contribution < 1.29 is 4.79 Å². The van der Waals surface area contributed by atoms with Crippen molar-refractivity contribution in [2.75, 3.05) is 16.8 Å². The number of nitrogens with one attached hydrogen (secondary N) is 1. The lowest BCUT2D eigenvalue weighted by Crippen LogP contribution is -2.12. The van der Waals surface area contributed by atoms with Crippen molar-refractivity contribution in [3.8, 4) is 0 Å². The number of nitrogens with two attached hydrogens (primary N) is 1. The van der Waals surface area contributed by atoms with Gasteiger partial charge in [0.15, 0.2) is 10.1 Å². The lowest BCUT2D eigenvalue weighted by molar-refractivity contribution is -0.116. The van der Waals surface area contributed by atoms with Gasteiger partial charge in [-0.1, -0.05) is 41.6 Å². The lowest BCUT2D eigenvalue weighted by atomic mass is 10.2. The molecule has 0 spiro atoms. The number of benzene rings is 2. The molecule has 2 heterocycles. The molecule has 9 heteroatoms. The SMILES string of the molecule is Cc1ccc(Nc2nc(N)nc(CC(=O)CSc3nc4ccccc4s3)n2)cc1. The molecule has 0 fully saturated rings. The highest BCUT2D eigenvalue weighted by Gasteiger charge is 2.12. The van der Waals surface area contributed by atoms with Gasteiger partial charge in [0.25, 0.3) is 0 Å². The first-order valence-electron chi connectivity index (χ1n) is 8.89. The van der Waals surface area contributed by atoms with Crippen molar-refractivity contribution in [2.45, 2.75) is 17.7 Å². The highest BCUT2D eigenvalue weighted by atomic mass is 32.2. The van der Waals surface area contributed by atoms with Crippen LogP contribution in [0.15, 0.2) is 52.9 Å². The first-order valence-corrected chi connectivity index (χ1v) is 10.7. The molecular weight excluding hydrogens is 404 g/mol. The predicted octanol–water partition coefficient (Wildman–Crippen LogP) is 4.02. The Morgan fingerprint density at radius 2 is 1.86 bits per heavy atom. The molecule has 0 saturated heterocycles. The number of Topliss-reactive ketones (excluding diaryl/α,β-unsaturated/α-hetero) is 1. The third kappa shape index (κ3) is 5.07. The topological polar surface area (TPSA) is 107 Å². The fraction of sp³-hybridized carbons (Fsp3) is 0.150. The summed E-state index contributed by atoms with van der Waals surface area (Å²) in [5.74, 6) is 1.05. The molecule has 0 bridgehead atoms. The van der Waals surface area contributed by atoms with Crippen molar-refractivity contribution in [1.29, 1.82) is 0 Å². The largest absolute Gasteiger partial charge is 0.368 e. The molecule has 146 valence electrons. The third-order valence-corrected chi connectivity index (χ3v) is 6.23. The number of hydrogen-bond acceptors (Lipinski definition) is 9. The summed E-state index contributed by atoms with van der Waals surface area (Å²) in [5, 5.41) is 3.09. The molecule has 0 atom stereocenters. The van der Waals surface area contributed by atoms with Crippen LogP contribution in [-0.4, -0.2) is 31.5 Å². The van der Waals surface area contributed by atoms with Gasteiger partial charge in [-0.05, 0) is 31.2 Å². The van der Waals surface area contributed by atoms with Crippen LogP contribution in [0.1, 0.15) is 11.4 Å². The van der Waals surface area contributed by atoms with E-state index in [9.17, 15) is 4.79 Å². The zero-order valence-corrected chi connectivity index (χ0v) is 17.3. The second kappa shape index (κ2) is 8.54. The van der Waals surface area contributed by atoms with Crippen LogP contribution in [0, 0.1) is 6.92 Å². The number of nitrogens with zero attached hydrogens (tertiary/aromatic N) is 4. The molecule has 4 rings (SSSR count). The molecule has 29 heavy (non-hydrogen) atoms. The number of aryl methyl sites for hydroxylation is 1. The van der Waals surface area contributed by atoms with E-state index in [1.807, 2.05) is 55.5 Å². The monoisotopic (exact) mass is 422 g/mol. The Labute approximate surface area is 175 Å². The second-order valence-electron chi connectivity index (χ2n) is 6.38. The van der Waals surface area contributed by atoms with E-state index >= 15 is 0 Å². The number of aromatic nitrogens is 4. The smallest absolute Gasteiger partial charge is 0.232 e. The van der Waals surface area contributed by atoms with Gasteiger partial charge in [0.2, 0.25) is 11.9 Å². The quantitative estimate of drug-likeness (QED) is 0.430. The van der Waals surface area contributed by atoms with Crippen molar-refractivity contribution in [3.05, 3.63) is 59.9 Å². The van der Waals surface area contributed by atoms with Crippen LogP contribution in [0.25, 0.3) is 10.2 Å². The molecule has 4 aromatic rings. The number of carbonyl (C=O) groups excluding carboxylic acids is 1. The Bertz CT molecular complexity index is 1130. The molecular formula is C20H18N6OS2. The summed E-state index contributed by atoms with van der Waals surface area (Å²) in [6.45, 7) is 2.01. The van der Waals surface area contributed by atoms with E-state index in [-0.39, 0.29) is 18.2 Å². The van der Waals surface area contributed by atoms with Gasteiger partial charge in [-0.25, -0.2) is 4.98 Å². The van der Waals surface area contributed by atoms with Gasteiger partial charge in [-0.2, -0.15) is 15.0 Å². The van der Waals surface area contributed by atoms with Crippen molar-refractivity contribution >= 4 is 56.7 Å². The maximum absolute atomic E-state index is 12.4. The fourth-order valence-corrected chi connectivity index (χ4v) is 4.55. The molecule has 0 radical (unpaired) electrons. The standard InChI is InChI=1S/C20H18N6OS2/c1-12-6-8-13(9-7-12)22-19-25-17(24-18(21)26-19)10-14(27)11-28-20-23-15-4-2-3-5-16(15)29-20/h2-9H,10-11H2,1H3,(H3,21,22,24,25,26). The van der Waals surface area contributed by atoms with Gasteiger partial charge in [-0.15, -0.1) is 11.3 Å². The molecule has 0 aliphatic heterocycles. The van der Waals surface area contributed by atoms with Crippen molar-refractivity contribution in [1.82, 2.24) is 19.9 Å². The minimum atomic E-state index is 0.00106. The second-order valence-corrected chi connectivity index (χ2v) is 8.63. The van der Waals surface area contributed by atoms with Gasteiger partial charge in [0, 0.05) is 5.69 Å². The number of fused-ring (bicyclic) bond motifs is 1. The predicted molar refractivity (Wildman–Crippen MR) is 118 cm³/mol. The maximum Gasteiger partial charge on any atom is 0.232 e. The van der Waals surface area contributed by atoms with Crippen LogP contribution >= 0.6 is 23.1 Å². The summed E-state index contributed by atoms with van der Waals surface area (Å²) in [4.78, 5) is 29.5. The number of anilines is 3. The number of thioether (sulfide) groups is 1. The van der Waals surface area contributed by atoms with Crippen LogP contribution in [0.4, 0.5) is 17.6 Å². The van der Waals surface area contributed by atoms with Crippen LogP contribution in [0.5, 0.6) is 0 Å². The summed E-state index contributed by atoms with van der Waals surface area (Å²) in [5.41, 5.74) is 8.74. The van der Waals surface area contributed by atoms with E-state index in [2.05, 4.69) is 25.3 Å². The fourth-order valence-electron chi connectivity index (χ4n) is 2.62. The van der Waals surface area contributed by atoms with E-state index in [0.29, 0.717) is 17.5 Å². The first-order chi connectivity index (χ1) is 14.0. The molecule has 3 N–H and O–H groups in total. The molecule has 0 amide bonds. The lowest BCUT2D eigenvalue weighted by Gasteiger charge is -2.07. The van der Waals surface area contributed by atoms with E-state index in [0.717, 1.165) is 25.8 Å². The van der Waals surface area contributed by atoms with Gasteiger partial charge in [0.1, 0.15) is 5.82 Å². The molecule has 0 aliphatic rings. The van der Waals surface area contributed by atoms with Crippen molar-refractivity contribution in [3.63, 3.8) is 0 Å².